The first-order chi connectivity index (χ1) is 12.6. The van der Waals surface area contributed by atoms with Crippen LogP contribution in [0.1, 0.15) is 37.9 Å². The highest BCUT2D eigenvalue weighted by atomic mass is 35.5. The molecule has 0 spiro atoms. The topological polar surface area (TPSA) is 66.5 Å². The van der Waals surface area contributed by atoms with E-state index in [1.807, 2.05) is 31.2 Å². The lowest BCUT2D eigenvalue weighted by molar-refractivity contribution is -0.122. The van der Waals surface area contributed by atoms with Gasteiger partial charge in [0.2, 0.25) is 15.9 Å². The summed E-state index contributed by atoms with van der Waals surface area (Å²) >= 11 is 5.88. The molecule has 5 nitrogen and oxygen atoms in total. The fourth-order valence-corrected chi connectivity index (χ4v) is 4.16. The second-order valence-corrected chi connectivity index (χ2v) is 8.83. The molecule has 7 heteroatoms. The zero-order valence-corrected chi connectivity index (χ0v) is 17.5. The summed E-state index contributed by atoms with van der Waals surface area (Å²) in [5.41, 5.74) is 2.58. The van der Waals surface area contributed by atoms with Crippen LogP contribution in [0.2, 0.25) is 5.02 Å². The Morgan fingerprint density at radius 1 is 1.07 bits per heavy atom. The van der Waals surface area contributed by atoms with E-state index in [4.69, 9.17) is 11.6 Å². The molecule has 2 aromatic rings. The maximum absolute atomic E-state index is 12.7. The number of hydrogen-bond donors (Lipinski definition) is 1. The van der Waals surface area contributed by atoms with Crippen LogP contribution in [0.4, 0.5) is 5.69 Å². The van der Waals surface area contributed by atoms with Gasteiger partial charge >= 0.3 is 0 Å². The Morgan fingerprint density at radius 3 is 2.11 bits per heavy atom. The summed E-state index contributed by atoms with van der Waals surface area (Å²) < 4.78 is 25.7. The van der Waals surface area contributed by atoms with Crippen LogP contribution in [0.3, 0.4) is 0 Å². The molecule has 2 atom stereocenters. The zero-order valence-electron chi connectivity index (χ0n) is 15.9. The molecule has 2 aromatic carbocycles. The minimum Gasteiger partial charge on any atom is -0.348 e. The third-order valence-electron chi connectivity index (χ3n) is 4.42. The third-order valence-corrected chi connectivity index (χ3v) is 5.91. The van der Waals surface area contributed by atoms with Crippen LogP contribution in [0, 0.1) is 0 Å². The highest BCUT2D eigenvalue weighted by Crippen LogP contribution is 2.23. The molecule has 0 aliphatic heterocycles. The second-order valence-electron chi connectivity index (χ2n) is 6.54. The normalized spacial score (nSPS) is 13.7. The smallest absolute Gasteiger partial charge is 0.244 e. The second kappa shape index (κ2) is 8.76. The standard InChI is InChI=1S/C20H25ClN2O3S/c1-5-16-6-8-17(9-7-16)14(2)22-20(24)15(3)23(27(4,25)26)19-12-10-18(21)11-13-19/h6-15H,5H2,1-4H3,(H,22,24). The van der Waals surface area contributed by atoms with Gasteiger partial charge in [0.05, 0.1) is 18.0 Å². The summed E-state index contributed by atoms with van der Waals surface area (Å²) in [6.45, 7) is 5.52. The van der Waals surface area contributed by atoms with E-state index in [0.29, 0.717) is 10.7 Å². The fraction of sp³-hybridized carbons (Fsp3) is 0.350. The van der Waals surface area contributed by atoms with Gasteiger partial charge in [-0.2, -0.15) is 0 Å². The average molecular weight is 409 g/mol. The summed E-state index contributed by atoms with van der Waals surface area (Å²) in [5, 5.41) is 3.39. The molecule has 0 heterocycles. The minimum atomic E-state index is -3.66. The van der Waals surface area contributed by atoms with E-state index in [-0.39, 0.29) is 11.9 Å². The highest BCUT2D eigenvalue weighted by molar-refractivity contribution is 7.92. The molecule has 0 aromatic heterocycles. The molecule has 0 fully saturated rings. The Hall–Kier alpha value is -2.05. The highest BCUT2D eigenvalue weighted by Gasteiger charge is 2.29. The van der Waals surface area contributed by atoms with Crippen molar-refractivity contribution in [1.29, 1.82) is 0 Å². The molecule has 0 bridgehead atoms. The monoisotopic (exact) mass is 408 g/mol. The van der Waals surface area contributed by atoms with Crippen LogP contribution in [0.25, 0.3) is 0 Å². The Bertz CT molecular complexity index is 880. The summed E-state index contributed by atoms with van der Waals surface area (Å²) in [5.74, 6) is -0.373. The van der Waals surface area contributed by atoms with Gasteiger partial charge in [-0.15, -0.1) is 0 Å². The van der Waals surface area contributed by atoms with E-state index in [2.05, 4.69) is 12.2 Å². The number of halogens is 1. The summed E-state index contributed by atoms with van der Waals surface area (Å²) in [6, 6.07) is 13.2. The molecule has 27 heavy (non-hydrogen) atoms. The van der Waals surface area contributed by atoms with Crippen molar-refractivity contribution in [2.75, 3.05) is 10.6 Å². The first-order valence-corrected chi connectivity index (χ1v) is 11.0. The Morgan fingerprint density at radius 2 is 1.63 bits per heavy atom. The largest absolute Gasteiger partial charge is 0.348 e. The number of sulfonamides is 1. The molecular weight excluding hydrogens is 384 g/mol. The summed E-state index contributed by atoms with van der Waals surface area (Å²) in [6.07, 6.45) is 2.03. The van der Waals surface area contributed by atoms with Crippen LogP contribution in [0.5, 0.6) is 0 Å². The number of carbonyl (C=O) groups is 1. The Kier molecular flexibility index (Phi) is 6.89. The van der Waals surface area contributed by atoms with E-state index in [9.17, 15) is 13.2 Å². The number of nitrogens with zero attached hydrogens (tertiary/aromatic N) is 1. The van der Waals surface area contributed by atoms with Gasteiger partial charge in [-0.3, -0.25) is 9.10 Å². The first kappa shape index (κ1) is 21.3. The van der Waals surface area contributed by atoms with E-state index < -0.39 is 16.1 Å². The summed E-state index contributed by atoms with van der Waals surface area (Å²) in [4.78, 5) is 12.7. The number of anilines is 1. The molecule has 0 saturated carbocycles. The van der Waals surface area contributed by atoms with Gasteiger partial charge in [0.25, 0.3) is 0 Å². The molecule has 1 amide bonds. The molecule has 1 N–H and O–H groups in total. The van der Waals surface area contributed by atoms with Crippen molar-refractivity contribution in [3.05, 3.63) is 64.7 Å². The number of carbonyl (C=O) groups excluding carboxylic acids is 1. The number of amides is 1. The van der Waals surface area contributed by atoms with Gasteiger partial charge < -0.3 is 5.32 Å². The minimum absolute atomic E-state index is 0.238. The van der Waals surface area contributed by atoms with Crippen molar-refractivity contribution in [1.82, 2.24) is 5.32 Å². The van der Waals surface area contributed by atoms with Gasteiger partial charge in [0, 0.05) is 5.02 Å². The van der Waals surface area contributed by atoms with E-state index >= 15 is 0 Å². The van der Waals surface area contributed by atoms with Crippen molar-refractivity contribution >= 4 is 33.2 Å². The van der Waals surface area contributed by atoms with E-state index in [1.165, 1.54) is 5.56 Å². The van der Waals surface area contributed by atoms with E-state index in [1.54, 1.807) is 31.2 Å². The van der Waals surface area contributed by atoms with Crippen molar-refractivity contribution in [3.63, 3.8) is 0 Å². The van der Waals surface area contributed by atoms with Crippen LogP contribution < -0.4 is 9.62 Å². The van der Waals surface area contributed by atoms with Crippen molar-refractivity contribution in [2.24, 2.45) is 0 Å². The molecule has 2 unspecified atom stereocenters. The molecule has 0 radical (unpaired) electrons. The molecule has 2 rings (SSSR count). The van der Waals surface area contributed by atoms with Gasteiger partial charge in [0.15, 0.2) is 0 Å². The van der Waals surface area contributed by atoms with Gasteiger partial charge in [0.1, 0.15) is 6.04 Å². The lowest BCUT2D eigenvalue weighted by Crippen LogP contribution is -2.48. The summed E-state index contributed by atoms with van der Waals surface area (Å²) in [7, 11) is -3.66. The van der Waals surface area contributed by atoms with Crippen LogP contribution >= 0.6 is 11.6 Å². The number of nitrogens with one attached hydrogen (secondary N) is 1. The van der Waals surface area contributed by atoms with Crippen molar-refractivity contribution in [2.45, 2.75) is 39.3 Å². The maximum Gasteiger partial charge on any atom is 0.244 e. The third kappa shape index (κ3) is 5.47. The molecule has 0 saturated heterocycles. The number of benzene rings is 2. The van der Waals surface area contributed by atoms with E-state index in [0.717, 1.165) is 22.5 Å². The lowest BCUT2D eigenvalue weighted by atomic mass is 10.0. The van der Waals surface area contributed by atoms with Crippen LogP contribution in [-0.2, 0) is 21.2 Å². The van der Waals surface area contributed by atoms with Gasteiger partial charge in [-0.25, -0.2) is 8.42 Å². The van der Waals surface area contributed by atoms with Gasteiger partial charge in [-0.1, -0.05) is 42.8 Å². The van der Waals surface area contributed by atoms with Crippen LogP contribution in [0.15, 0.2) is 48.5 Å². The Labute approximate surface area is 166 Å². The van der Waals surface area contributed by atoms with Crippen molar-refractivity contribution in [3.8, 4) is 0 Å². The van der Waals surface area contributed by atoms with Crippen LogP contribution in [-0.4, -0.2) is 26.6 Å². The predicted octanol–water partition coefficient (Wildman–Crippen LogP) is 3.93. The molecular formula is C20H25ClN2O3S. The zero-order chi connectivity index (χ0) is 20.2. The van der Waals surface area contributed by atoms with Gasteiger partial charge in [-0.05, 0) is 55.7 Å². The predicted molar refractivity (Wildman–Crippen MR) is 111 cm³/mol. The maximum atomic E-state index is 12.7. The number of rotatable bonds is 7. The SMILES string of the molecule is CCc1ccc(C(C)NC(=O)C(C)N(c2ccc(Cl)cc2)S(C)(=O)=O)cc1. The molecule has 146 valence electrons. The number of hydrogen-bond acceptors (Lipinski definition) is 3. The van der Waals surface area contributed by atoms with Crippen molar-refractivity contribution < 1.29 is 13.2 Å². The lowest BCUT2D eigenvalue weighted by Gasteiger charge is -2.29. The number of aryl methyl sites for hydroxylation is 1. The molecule has 0 aliphatic carbocycles. The fourth-order valence-electron chi connectivity index (χ4n) is 2.86. The quantitative estimate of drug-likeness (QED) is 0.754. The molecule has 0 aliphatic rings. The average Bonchev–Trinajstić information content (AvgIpc) is 2.62. The first-order valence-electron chi connectivity index (χ1n) is 8.77. The Balaban J connectivity index is 2.20.